The van der Waals surface area contributed by atoms with E-state index in [2.05, 4.69) is 13.8 Å². The average Bonchev–Trinajstić information content (AvgIpc) is 3.07. The van der Waals surface area contributed by atoms with Gasteiger partial charge in [0.1, 0.15) is 0 Å². The zero-order chi connectivity index (χ0) is 23.2. The lowest BCUT2D eigenvalue weighted by atomic mass is 9.89. The SMILES string of the molecule is CC(=O)N1c2ccc(S(=O)(=O)N3CCC(C(=O)N4C[C@H](C)C[C@H](C)C4)CC3)cc2C[C@H]1C. The molecule has 0 bridgehead atoms. The summed E-state index contributed by atoms with van der Waals surface area (Å²) in [5.74, 6) is 1.10. The molecule has 0 saturated carbocycles. The molecule has 4 rings (SSSR count). The molecule has 2 saturated heterocycles. The minimum absolute atomic E-state index is 0.0300. The number of carbonyl (C=O) groups excluding carboxylic acids is 2. The van der Waals surface area contributed by atoms with Crippen molar-refractivity contribution in [2.75, 3.05) is 31.1 Å². The number of rotatable bonds is 3. The highest BCUT2D eigenvalue weighted by molar-refractivity contribution is 7.89. The molecule has 8 heteroatoms. The molecule has 0 aliphatic carbocycles. The molecule has 0 N–H and O–H groups in total. The van der Waals surface area contributed by atoms with Crippen molar-refractivity contribution in [2.45, 2.75) is 64.3 Å². The van der Waals surface area contributed by atoms with Crippen LogP contribution in [0.3, 0.4) is 0 Å². The lowest BCUT2D eigenvalue weighted by Gasteiger charge is -2.39. The molecule has 0 spiro atoms. The summed E-state index contributed by atoms with van der Waals surface area (Å²) >= 11 is 0. The van der Waals surface area contributed by atoms with Gasteiger partial charge in [-0.2, -0.15) is 4.31 Å². The number of amides is 2. The van der Waals surface area contributed by atoms with Crippen LogP contribution in [0.2, 0.25) is 0 Å². The van der Waals surface area contributed by atoms with Crippen LogP contribution in [0.15, 0.2) is 23.1 Å². The van der Waals surface area contributed by atoms with Crippen molar-refractivity contribution >= 4 is 27.5 Å². The summed E-state index contributed by atoms with van der Waals surface area (Å²) in [4.78, 5) is 29.0. The first kappa shape index (κ1) is 23.2. The van der Waals surface area contributed by atoms with Gasteiger partial charge in [0.05, 0.1) is 4.90 Å². The fourth-order valence-corrected chi connectivity index (χ4v) is 7.36. The fourth-order valence-electron chi connectivity index (χ4n) is 5.84. The van der Waals surface area contributed by atoms with Crippen LogP contribution < -0.4 is 4.90 Å². The Hall–Kier alpha value is -1.93. The fraction of sp³-hybridized carbons (Fsp3) is 0.667. The van der Waals surface area contributed by atoms with Gasteiger partial charge in [0, 0.05) is 50.7 Å². The molecule has 2 amide bonds. The quantitative estimate of drug-likeness (QED) is 0.693. The summed E-state index contributed by atoms with van der Waals surface area (Å²) in [6.45, 7) is 10.2. The Morgan fingerprint density at radius 3 is 2.22 bits per heavy atom. The van der Waals surface area contributed by atoms with Crippen molar-refractivity contribution in [2.24, 2.45) is 17.8 Å². The molecule has 176 valence electrons. The first-order chi connectivity index (χ1) is 15.1. The van der Waals surface area contributed by atoms with Crippen LogP contribution >= 0.6 is 0 Å². The van der Waals surface area contributed by atoms with Crippen LogP contribution in [0.1, 0.15) is 52.5 Å². The Bertz CT molecular complexity index is 990. The third-order valence-corrected chi connectivity index (χ3v) is 9.12. The van der Waals surface area contributed by atoms with Crippen LogP contribution in [0.25, 0.3) is 0 Å². The highest BCUT2D eigenvalue weighted by Gasteiger charge is 2.36. The van der Waals surface area contributed by atoms with E-state index in [-0.39, 0.29) is 28.7 Å². The second kappa shape index (κ2) is 8.78. The number of fused-ring (bicyclic) bond motifs is 1. The van der Waals surface area contributed by atoms with Gasteiger partial charge in [0.25, 0.3) is 0 Å². The predicted octanol–water partition coefficient (Wildman–Crippen LogP) is 2.89. The second-order valence-corrected chi connectivity index (χ2v) is 12.0. The van der Waals surface area contributed by atoms with E-state index in [1.807, 2.05) is 11.8 Å². The van der Waals surface area contributed by atoms with Crippen LogP contribution in [-0.2, 0) is 26.0 Å². The minimum atomic E-state index is -3.63. The molecule has 0 unspecified atom stereocenters. The Labute approximate surface area is 191 Å². The van der Waals surface area contributed by atoms with Crippen molar-refractivity contribution in [3.8, 4) is 0 Å². The minimum Gasteiger partial charge on any atom is -0.342 e. The van der Waals surface area contributed by atoms with Gasteiger partial charge in [0.2, 0.25) is 21.8 Å². The van der Waals surface area contributed by atoms with E-state index in [9.17, 15) is 18.0 Å². The molecule has 2 fully saturated rings. The van der Waals surface area contributed by atoms with Gasteiger partial charge < -0.3 is 9.80 Å². The highest BCUT2D eigenvalue weighted by atomic mass is 32.2. The first-order valence-corrected chi connectivity index (χ1v) is 13.2. The lowest BCUT2D eigenvalue weighted by molar-refractivity contribution is -0.139. The van der Waals surface area contributed by atoms with E-state index in [0.29, 0.717) is 44.2 Å². The lowest BCUT2D eigenvalue weighted by Crippen LogP contribution is -2.48. The largest absolute Gasteiger partial charge is 0.342 e. The van der Waals surface area contributed by atoms with Crippen molar-refractivity contribution in [1.82, 2.24) is 9.21 Å². The summed E-state index contributed by atoms with van der Waals surface area (Å²) in [6.07, 6.45) is 2.94. The van der Waals surface area contributed by atoms with Crippen molar-refractivity contribution < 1.29 is 18.0 Å². The van der Waals surface area contributed by atoms with Gasteiger partial charge in [-0.1, -0.05) is 13.8 Å². The Morgan fingerprint density at radius 1 is 1.00 bits per heavy atom. The zero-order valence-corrected chi connectivity index (χ0v) is 20.4. The number of benzene rings is 1. The summed E-state index contributed by atoms with van der Waals surface area (Å²) in [7, 11) is -3.63. The molecule has 0 radical (unpaired) electrons. The van der Waals surface area contributed by atoms with Crippen molar-refractivity contribution in [1.29, 1.82) is 0 Å². The first-order valence-electron chi connectivity index (χ1n) is 11.8. The summed E-state index contributed by atoms with van der Waals surface area (Å²) in [6, 6.07) is 5.11. The van der Waals surface area contributed by atoms with E-state index in [1.54, 1.807) is 23.1 Å². The normalized spacial score (nSPS) is 27.4. The Balaban J connectivity index is 1.43. The Kier molecular flexibility index (Phi) is 6.38. The van der Waals surface area contributed by atoms with E-state index >= 15 is 0 Å². The maximum absolute atomic E-state index is 13.3. The molecule has 3 aliphatic heterocycles. The molecule has 3 heterocycles. The number of hydrogen-bond acceptors (Lipinski definition) is 4. The number of hydrogen-bond donors (Lipinski definition) is 0. The molecular weight excluding hydrogens is 426 g/mol. The molecule has 1 aromatic carbocycles. The van der Waals surface area contributed by atoms with Crippen molar-refractivity contribution in [3.05, 3.63) is 23.8 Å². The molecule has 7 nitrogen and oxygen atoms in total. The molecular formula is C24H35N3O4S. The van der Waals surface area contributed by atoms with E-state index in [0.717, 1.165) is 30.8 Å². The van der Waals surface area contributed by atoms with Gasteiger partial charge in [-0.25, -0.2) is 8.42 Å². The number of anilines is 1. The zero-order valence-electron chi connectivity index (χ0n) is 19.6. The van der Waals surface area contributed by atoms with Gasteiger partial charge in [-0.05, 0) is 68.2 Å². The monoisotopic (exact) mass is 461 g/mol. The van der Waals surface area contributed by atoms with E-state index < -0.39 is 10.0 Å². The van der Waals surface area contributed by atoms with Gasteiger partial charge in [0.15, 0.2) is 0 Å². The third-order valence-electron chi connectivity index (χ3n) is 7.23. The number of sulfonamides is 1. The highest BCUT2D eigenvalue weighted by Crippen LogP contribution is 2.35. The maximum Gasteiger partial charge on any atom is 0.243 e. The number of likely N-dealkylation sites (tertiary alicyclic amines) is 1. The van der Waals surface area contributed by atoms with Crippen LogP contribution in [0, 0.1) is 17.8 Å². The van der Waals surface area contributed by atoms with E-state index in [1.165, 1.54) is 11.2 Å². The molecule has 3 aliphatic rings. The van der Waals surface area contributed by atoms with Gasteiger partial charge in [-0.15, -0.1) is 0 Å². The summed E-state index contributed by atoms with van der Waals surface area (Å²) in [5.41, 5.74) is 1.70. The molecule has 0 aromatic heterocycles. The molecule has 32 heavy (non-hydrogen) atoms. The number of carbonyl (C=O) groups is 2. The van der Waals surface area contributed by atoms with Gasteiger partial charge >= 0.3 is 0 Å². The third kappa shape index (κ3) is 4.31. The summed E-state index contributed by atoms with van der Waals surface area (Å²) < 4.78 is 28.1. The second-order valence-electron chi connectivity index (χ2n) is 10.1. The Morgan fingerprint density at radius 2 is 1.62 bits per heavy atom. The smallest absolute Gasteiger partial charge is 0.243 e. The van der Waals surface area contributed by atoms with Crippen molar-refractivity contribution in [3.63, 3.8) is 0 Å². The number of nitrogens with zero attached hydrogens (tertiary/aromatic N) is 3. The average molecular weight is 462 g/mol. The number of piperidine rings is 2. The van der Waals surface area contributed by atoms with E-state index in [4.69, 9.17) is 0 Å². The van der Waals surface area contributed by atoms with Crippen LogP contribution in [0.4, 0.5) is 5.69 Å². The van der Waals surface area contributed by atoms with Crippen LogP contribution in [0.5, 0.6) is 0 Å². The van der Waals surface area contributed by atoms with Crippen LogP contribution in [-0.4, -0.2) is 61.7 Å². The maximum atomic E-state index is 13.3. The van der Waals surface area contributed by atoms with Gasteiger partial charge in [-0.3, -0.25) is 9.59 Å². The topological polar surface area (TPSA) is 78.0 Å². The predicted molar refractivity (Wildman–Crippen MR) is 124 cm³/mol. The molecule has 1 aromatic rings. The molecule has 3 atom stereocenters. The standard InChI is InChI=1S/C24H35N3O4S/c1-16-11-17(2)15-25(14-16)24(29)20-7-9-26(10-8-20)32(30,31)22-5-6-23-21(13-22)12-18(3)27(23)19(4)28/h5-6,13,16-18,20H,7-12,14-15H2,1-4H3/t16-,17+,18-/m1/s1. The summed E-state index contributed by atoms with van der Waals surface area (Å²) in [5, 5.41) is 0.